The van der Waals surface area contributed by atoms with E-state index in [0.29, 0.717) is 6.42 Å². The average Bonchev–Trinajstić information content (AvgIpc) is 2.30. The number of carbonyl (C=O) groups is 2. The minimum absolute atomic E-state index is 0.172. The van der Waals surface area contributed by atoms with Crippen LogP contribution < -0.4 is 10.6 Å². The van der Waals surface area contributed by atoms with Crippen molar-refractivity contribution in [2.75, 3.05) is 6.54 Å². The van der Waals surface area contributed by atoms with Crippen LogP contribution in [-0.4, -0.2) is 35.6 Å². The molecule has 100 valence electrons. The number of carbonyl (C=O) groups excluding carboxylic acids is 1. The van der Waals surface area contributed by atoms with Gasteiger partial charge in [-0.1, -0.05) is 26.7 Å². The molecule has 0 spiro atoms. The molecule has 0 aliphatic carbocycles. The number of hydrogen-bond acceptors (Lipinski definition) is 3. The smallest absolute Gasteiger partial charge is 0.326 e. The predicted molar refractivity (Wildman–Crippen MR) is 66.8 cm³/mol. The first-order valence-electron chi connectivity index (χ1n) is 6.26. The second-order valence-electron chi connectivity index (χ2n) is 4.29. The summed E-state index contributed by atoms with van der Waals surface area (Å²) in [6, 6.07) is -0.499. The van der Waals surface area contributed by atoms with Crippen LogP contribution in [-0.2, 0) is 9.59 Å². The van der Waals surface area contributed by atoms with Gasteiger partial charge in [-0.15, -0.1) is 0 Å². The van der Waals surface area contributed by atoms with Gasteiger partial charge in [0.2, 0.25) is 5.91 Å². The summed E-state index contributed by atoms with van der Waals surface area (Å²) in [5, 5.41) is 14.5. The topological polar surface area (TPSA) is 78.4 Å². The van der Waals surface area contributed by atoms with E-state index in [0.717, 1.165) is 19.3 Å². The first-order valence-corrected chi connectivity index (χ1v) is 6.26. The average molecular weight is 244 g/mol. The van der Waals surface area contributed by atoms with Crippen LogP contribution in [0.15, 0.2) is 0 Å². The zero-order chi connectivity index (χ0) is 13.3. The molecule has 0 aromatic carbocycles. The van der Waals surface area contributed by atoms with E-state index in [-0.39, 0.29) is 18.5 Å². The van der Waals surface area contributed by atoms with Crippen LogP contribution in [0.25, 0.3) is 0 Å². The summed E-state index contributed by atoms with van der Waals surface area (Å²) in [6.45, 7) is 6.17. The van der Waals surface area contributed by atoms with Crippen LogP contribution in [0.2, 0.25) is 0 Å². The molecule has 1 amide bonds. The second kappa shape index (κ2) is 8.98. The number of aliphatic carboxylic acids is 1. The number of unbranched alkanes of at least 4 members (excludes halogenated alkanes) is 1. The number of rotatable bonds is 9. The Balaban J connectivity index is 3.99. The van der Waals surface area contributed by atoms with Crippen LogP contribution in [0, 0.1) is 0 Å². The molecule has 17 heavy (non-hydrogen) atoms. The molecule has 0 fully saturated rings. The number of nitrogens with one attached hydrogen (secondary N) is 2. The Morgan fingerprint density at radius 1 is 1.29 bits per heavy atom. The fourth-order valence-corrected chi connectivity index (χ4v) is 1.32. The monoisotopic (exact) mass is 244 g/mol. The van der Waals surface area contributed by atoms with E-state index < -0.39 is 12.0 Å². The minimum atomic E-state index is -0.963. The predicted octanol–water partition coefficient (Wildman–Crippen LogP) is 1.13. The highest BCUT2D eigenvalue weighted by Crippen LogP contribution is 2.00. The highest BCUT2D eigenvalue weighted by molar-refractivity contribution is 5.84. The Morgan fingerprint density at radius 3 is 2.41 bits per heavy atom. The molecule has 2 atom stereocenters. The Hall–Kier alpha value is -1.10. The molecule has 5 heteroatoms. The largest absolute Gasteiger partial charge is 0.480 e. The van der Waals surface area contributed by atoms with Gasteiger partial charge in [0.15, 0.2) is 0 Å². The van der Waals surface area contributed by atoms with Gasteiger partial charge in [-0.25, -0.2) is 4.79 Å². The van der Waals surface area contributed by atoms with Gasteiger partial charge in [0.25, 0.3) is 0 Å². The zero-order valence-corrected chi connectivity index (χ0v) is 11.0. The summed E-state index contributed by atoms with van der Waals surface area (Å²) in [7, 11) is 0. The van der Waals surface area contributed by atoms with Gasteiger partial charge in [-0.2, -0.15) is 0 Å². The highest BCUT2D eigenvalue weighted by Gasteiger charge is 2.18. The van der Waals surface area contributed by atoms with Crippen LogP contribution >= 0.6 is 0 Å². The van der Waals surface area contributed by atoms with Crippen molar-refractivity contribution in [2.45, 2.75) is 58.5 Å². The molecule has 0 aromatic rings. The van der Waals surface area contributed by atoms with Gasteiger partial charge in [0, 0.05) is 6.04 Å². The van der Waals surface area contributed by atoms with Gasteiger partial charge in [-0.05, 0) is 19.8 Å². The molecule has 0 saturated carbocycles. The van der Waals surface area contributed by atoms with E-state index in [1.54, 1.807) is 0 Å². The van der Waals surface area contributed by atoms with Crippen molar-refractivity contribution >= 4 is 11.9 Å². The van der Waals surface area contributed by atoms with Crippen molar-refractivity contribution in [3.05, 3.63) is 0 Å². The van der Waals surface area contributed by atoms with Crippen molar-refractivity contribution in [1.82, 2.24) is 10.6 Å². The maximum atomic E-state index is 11.5. The van der Waals surface area contributed by atoms with Gasteiger partial charge in [0.05, 0.1) is 6.54 Å². The van der Waals surface area contributed by atoms with E-state index in [1.807, 2.05) is 20.8 Å². The van der Waals surface area contributed by atoms with Crippen molar-refractivity contribution in [3.8, 4) is 0 Å². The summed E-state index contributed by atoms with van der Waals surface area (Å²) in [6.07, 6.45) is 3.15. The molecule has 0 aliphatic heterocycles. The lowest BCUT2D eigenvalue weighted by atomic mass is 10.1. The van der Waals surface area contributed by atoms with Crippen molar-refractivity contribution < 1.29 is 14.7 Å². The number of carboxylic acid groups (broad SMARTS) is 1. The Bertz CT molecular complexity index is 244. The Morgan fingerprint density at radius 2 is 1.94 bits per heavy atom. The highest BCUT2D eigenvalue weighted by atomic mass is 16.4. The normalized spacial score (nSPS) is 14.1. The van der Waals surface area contributed by atoms with Crippen molar-refractivity contribution in [1.29, 1.82) is 0 Å². The number of carboxylic acids is 1. The summed E-state index contributed by atoms with van der Waals surface area (Å²) < 4.78 is 0. The Labute approximate surface area is 103 Å². The third kappa shape index (κ3) is 7.74. The molecule has 3 N–H and O–H groups in total. The van der Waals surface area contributed by atoms with Gasteiger partial charge in [-0.3, -0.25) is 4.79 Å². The first-order chi connectivity index (χ1) is 8.01. The third-order valence-electron chi connectivity index (χ3n) is 2.70. The SMILES string of the molecule is CCCC[C@H](NC(=O)CNC(C)CC)C(=O)O. The standard InChI is InChI=1S/C12H24N2O3/c1-4-6-7-10(12(16)17)14-11(15)8-13-9(3)5-2/h9-10,13H,4-8H2,1-3H3,(H,14,15)(H,16,17)/t9?,10-/m0/s1. The molecular weight excluding hydrogens is 220 g/mol. The maximum Gasteiger partial charge on any atom is 0.326 e. The van der Waals surface area contributed by atoms with Crippen LogP contribution in [0.1, 0.15) is 46.5 Å². The van der Waals surface area contributed by atoms with Crippen LogP contribution in [0.3, 0.4) is 0 Å². The minimum Gasteiger partial charge on any atom is -0.480 e. The molecule has 5 nitrogen and oxygen atoms in total. The van der Waals surface area contributed by atoms with E-state index >= 15 is 0 Å². The zero-order valence-electron chi connectivity index (χ0n) is 11.0. The molecule has 1 unspecified atom stereocenters. The molecule has 0 saturated heterocycles. The molecule has 0 aromatic heterocycles. The Kier molecular flexibility index (Phi) is 8.40. The lowest BCUT2D eigenvalue weighted by molar-refractivity contribution is -0.141. The lowest BCUT2D eigenvalue weighted by Gasteiger charge is -2.16. The van der Waals surface area contributed by atoms with Gasteiger partial charge >= 0.3 is 5.97 Å². The quantitative estimate of drug-likeness (QED) is 0.568. The van der Waals surface area contributed by atoms with Crippen molar-refractivity contribution in [3.63, 3.8) is 0 Å². The van der Waals surface area contributed by atoms with Crippen LogP contribution in [0.5, 0.6) is 0 Å². The molecule has 0 aliphatic rings. The number of amides is 1. The summed E-state index contributed by atoms with van der Waals surface area (Å²) in [4.78, 5) is 22.4. The summed E-state index contributed by atoms with van der Waals surface area (Å²) >= 11 is 0. The van der Waals surface area contributed by atoms with Crippen molar-refractivity contribution in [2.24, 2.45) is 0 Å². The summed E-state index contributed by atoms with van der Waals surface area (Å²) in [5.74, 6) is -1.22. The van der Waals surface area contributed by atoms with E-state index in [2.05, 4.69) is 10.6 Å². The van der Waals surface area contributed by atoms with Crippen LogP contribution in [0.4, 0.5) is 0 Å². The molecule has 0 bridgehead atoms. The van der Waals surface area contributed by atoms with E-state index in [9.17, 15) is 9.59 Å². The van der Waals surface area contributed by atoms with E-state index in [4.69, 9.17) is 5.11 Å². The molecular formula is C12H24N2O3. The maximum absolute atomic E-state index is 11.5. The third-order valence-corrected chi connectivity index (χ3v) is 2.70. The second-order valence-corrected chi connectivity index (χ2v) is 4.29. The number of hydrogen-bond donors (Lipinski definition) is 3. The molecule has 0 rings (SSSR count). The van der Waals surface area contributed by atoms with Gasteiger partial charge < -0.3 is 15.7 Å². The summed E-state index contributed by atoms with van der Waals surface area (Å²) in [5.41, 5.74) is 0. The molecule has 0 radical (unpaired) electrons. The fraction of sp³-hybridized carbons (Fsp3) is 0.833. The lowest BCUT2D eigenvalue weighted by Crippen LogP contribution is -2.45. The first kappa shape index (κ1) is 15.9. The molecule has 0 heterocycles. The fourth-order valence-electron chi connectivity index (χ4n) is 1.32. The van der Waals surface area contributed by atoms with E-state index in [1.165, 1.54) is 0 Å². The van der Waals surface area contributed by atoms with Gasteiger partial charge in [0.1, 0.15) is 6.04 Å².